The van der Waals surface area contributed by atoms with Crippen molar-refractivity contribution in [3.63, 3.8) is 0 Å². The van der Waals surface area contributed by atoms with Gasteiger partial charge in [0, 0.05) is 25.5 Å². The van der Waals surface area contributed by atoms with E-state index >= 15 is 0 Å². The fraction of sp³-hybridized carbons (Fsp3) is 0.312. The van der Waals surface area contributed by atoms with Crippen molar-refractivity contribution in [3.05, 3.63) is 54.0 Å². The molecule has 0 aliphatic carbocycles. The maximum Gasteiger partial charge on any atom is 0.227 e. The number of aromatic nitrogens is 2. The van der Waals surface area contributed by atoms with Gasteiger partial charge in [-0.3, -0.25) is 9.78 Å². The van der Waals surface area contributed by atoms with Crippen molar-refractivity contribution < 1.29 is 4.79 Å². The lowest BCUT2D eigenvalue weighted by molar-refractivity contribution is -0.134. The highest BCUT2D eigenvalue weighted by Gasteiger charge is 2.30. The number of hydrogen-bond donors (Lipinski definition) is 1. The van der Waals surface area contributed by atoms with Gasteiger partial charge in [-0.15, -0.1) is 0 Å². The third kappa shape index (κ3) is 3.37. The Kier molecular flexibility index (Phi) is 3.81. The molecule has 0 bridgehead atoms. The lowest BCUT2D eigenvalue weighted by atomic mass is 10.0. The maximum atomic E-state index is 12.2. The average Bonchev–Trinajstić information content (AvgIpc) is 2.43. The predicted molar refractivity (Wildman–Crippen MR) is 80.9 cm³/mol. The summed E-state index contributed by atoms with van der Waals surface area (Å²) in [6.45, 7) is 3.49. The van der Waals surface area contributed by atoms with E-state index in [1.807, 2.05) is 30.0 Å². The Morgan fingerprint density at radius 1 is 1.38 bits per heavy atom. The van der Waals surface area contributed by atoms with Gasteiger partial charge in [0.2, 0.25) is 5.91 Å². The minimum absolute atomic E-state index is 0.179. The average molecular weight is 282 g/mol. The van der Waals surface area contributed by atoms with Crippen LogP contribution in [0.4, 0.5) is 5.82 Å². The van der Waals surface area contributed by atoms with E-state index < -0.39 is 0 Å². The van der Waals surface area contributed by atoms with E-state index in [1.54, 1.807) is 18.6 Å². The number of anilines is 1. The molecule has 0 radical (unpaired) electrons. The third-order valence-corrected chi connectivity index (χ3v) is 3.59. The Morgan fingerprint density at radius 2 is 2.24 bits per heavy atom. The predicted octanol–water partition coefficient (Wildman–Crippen LogP) is 1.65. The molecule has 1 aromatic heterocycles. The zero-order valence-electron chi connectivity index (χ0n) is 12.0. The fourth-order valence-electron chi connectivity index (χ4n) is 2.46. The quantitative estimate of drug-likeness (QED) is 0.926. The van der Waals surface area contributed by atoms with Crippen LogP contribution >= 0.6 is 0 Å². The molecule has 5 nitrogen and oxygen atoms in total. The van der Waals surface area contributed by atoms with Crippen molar-refractivity contribution in [2.75, 3.05) is 18.4 Å². The zero-order chi connectivity index (χ0) is 14.7. The largest absolute Gasteiger partial charge is 0.362 e. The minimum atomic E-state index is 0.179. The van der Waals surface area contributed by atoms with Gasteiger partial charge < -0.3 is 10.2 Å². The van der Waals surface area contributed by atoms with E-state index in [-0.39, 0.29) is 11.9 Å². The van der Waals surface area contributed by atoms with Crippen LogP contribution in [0.1, 0.15) is 11.1 Å². The second kappa shape index (κ2) is 5.91. The Hall–Kier alpha value is -2.43. The van der Waals surface area contributed by atoms with Crippen molar-refractivity contribution >= 4 is 11.7 Å². The molecule has 2 aromatic rings. The number of aryl methyl sites for hydroxylation is 1. The van der Waals surface area contributed by atoms with E-state index in [9.17, 15) is 4.79 Å². The van der Waals surface area contributed by atoms with Gasteiger partial charge in [-0.05, 0) is 12.5 Å². The maximum absolute atomic E-state index is 12.2. The molecular weight excluding hydrogens is 264 g/mol. The van der Waals surface area contributed by atoms with Gasteiger partial charge in [0.1, 0.15) is 5.82 Å². The fourth-order valence-corrected chi connectivity index (χ4v) is 2.46. The van der Waals surface area contributed by atoms with Crippen LogP contribution < -0.4 is 5.32 Å². The van der Waals surface area contributed by atoms with Crippen LogP contribution in [0.5, 0.6) is 0 Å². The van der Waals surface area contributed by atoms with E-state index in [4.69, 9.17) is 0 Å². The number of likely N-dealkylation sites (tertiary alicyclic amines) is 1. The third-order valence-electron chi connectivity index (χ3n) is 3.59. The highest BCUT2D eigenvalue weighted by atomic mass is 16.2. The highest BCUT2D eigenvalue weighted by molar-refractivity contribution is 5.80. The van der Waals surface area contributed by atoms with Crippen LogP contribution in [0.3, 0.4) is 0 Å². The van der Waals surface area contributed by atoms with E-state index in [0.717, 1.165) is 24.5 Å². The van der Waals surface area contributed by atoms with Gasteiger partial charge in [0.15, 0.2) is 0 Å². The molecule has 1 fully saturated rings. The van der Waals surface area contributed by atoms with Gasteiger partial charge in [-0.1, -0.05) is 29.8 Å². The first-order valence-electron chi connectivity index (χ1n) is 7.06. The molecule has 1 aromatic carbocycles. The smallest absolute Gasteiger partial charge is 0.227 e. The molecule has 3 rings (SSSR count). The lowest BCUT2D eigenvalue weighted by Crippen LogP contribution is -2.57. The van der Waals surface area contributed by atoms with Crippen molar-refractivity contribution in [1.82, 2.24) is 14.9 Å². The Labute approximate surface area is 124 Å². The first-order valence-corrected chi connectivity index (χ1v) is 7.06. The first-order chi connectivity index (χ1) is 10.2. The number of carbonyl (C=O) groups is 1. The lowest BCUT2D eigenvalue weighted by Gasteiger charge is -2.39. The second-order valence-corrected chi connectivity index (χ2v) is 5.40. The van der Waals surface area contributed by atoms with Crippen molar-refractivity contribution in [2.45, 2.75) is 19.4 Å². The summed E-state index contributed by atoms with van der Waals surface area (Å²) in [4.78, 5) is 22.2. The van der Waals surface area contributed by atoms with Gasteiger partial charge in [0.05, 0.1) is 18.7 Å². The number of benzene rings is 1. The van der Waals surface area contributed by atoms with Crippen molar-refractivity contribution in [3.8, 4) is 0 Å². The van der Waals surface area contributed by atoms with E-state index in [0.29, 0.717) is 6.42 Å². The van der Waals surface area contributed by atoms with Crippen LogP contribution in [0.15, 0.2) is 42.9 Å². The number of nitrogens with one attached hydrogen (secondary N) is 1. The normalized spacial score (nSPS) is 14.6. The van der Waals surface area contributed by atoms with E-state index in [2.05, 4.69) is 21.4 Å². The topological polar surface area (TPSA) is 58.1 Å². The van der Waals surface area contributed by atoms with Crippen molar-refractivity contribution in [2.24, 2.45) is 0 Å². The molecule has 1 saturated heterocycles. The molecule has 0 unspecified atom stereocenters. The summed E-state index contributed by atoms with van der Waals surface area (Å²) < 4.78 is 0. The van der Waals surface area contributed by atoms with Crippen LogP contribution in [0, 0.1) is 6.92 Å². The summed E-state index contributed by atoms with van der Waals surface area (Å²) in [5, 5.41) is 3.27. The number of hydrogen-bond acceptors (Lipinski definition) is 4. The Morgan fingerprint density at radius 3 is 2.95 bits per heavy atom. The van der Waals surface area contributed by atoms with Crippen LogP contribution in [-0.4, -0.2) is 39.9 Å². The summed E-state index contributed by atoms with van der Waals surface area (Å²) in [6, 6.07) is 8.36. The van der Waals surface area contributed by atoms with Gasteiger partial charge in [0.25, 0.3) is 0 Å². The minimum Gasteiger partial charge on any atom is -0.362 e. The molecule has 108 valence electrons. The van der Waals surface area contributed by atoms with Crippen molar-refractivity contribution in [1.29, 1.82) is 0 Å². The zero-order valence-corrected chi connectivity index (χ0v) is 12.0. The molecule has 0 saturated carbocycles. The molecule has 1 aliphatic heterocycles. The standard InChI is InChI=1S/C16H18N4O/c1-12-3-2-4-13(7-12)8-16(21)20-10-14(11-20)19-15-9-17-5-6-18-15/h2-7,9,14H,8,10-11H2,1H3,(H,18,19). The number of nitrogens with zero attached hydrogens (tertiary/aromatic N) is 3. The summed E-state index contributed by atoms with van der Waals surface area (Å²) >= 11 is 0. The molecule has 0 spiro atoms. The first kappa shape index (κ1) is 13.5. The number of rotatable bonds is 4. The summed E-state index contributed by atoms with van der Waals surface area (Å²) in [5.41, 5.74) is 2.26. The number of carbonyl (C=O) groups excluding carboxylic acids is 1. The van der Waals surface area contributed by atoms with Crippen LogP contribution in [-0.2, 0) is 11.2 Å². The monoisotopic (exact) mass is 282 g/mol. The molecule has 1 N–H and O–H groups in total. The summed E-state index contributed by atoms with van der Waals surface area (Å²) in [7, 11) is 0. The SMILES string of the molecule is Cc1cccc(CC(=O)N2CC(Nc3cnccn3)C2)c1. The molecule has 5 heteroatoms. The molecule has 1 aliphatic rings. The molecule has 21 heavy (non-hydrogen) atoms. The molecule has 0 atom stereocenters. The Bertz CT molecular complexity index is 623. The molecule has 1 amide bonds. The van der Waals surface area contributed by atoms with Crippen LogP contribution in [0.25, 0.3) is 0 Å². The van der Waals surface area contributed by atoms with E-state index in [1.165, 1.54) is 5.56 Å². The van der Waals surface area contributed by atoms with Crippen LogP contribution in [0.2, 0.25) is 0 Å². The molecular formula is C16H18N4O. The van der Waals surface area contributed by atoms with Gasteiger partial charge in [-0.25, -0.2) is 4.98 Å². The second-order valence-electron chi connectivity index (χ2n) is 5.40. The highest BCUT2D eigenvalue weighted by Crippen LogP contribution is 2.15. The summed E-state index contributed by atoms with van der Waals surface area (Å²) in [6.07, 6.45) is 5.46. The summed E-state index contributed by atoms with van der Waals surface area (Å²) in [5.74, 6) is 0.936. The van der Waals surface area contributed by atoms with Gasteiger partial charge in [-0.2, -0.15) is 0 Å². The Balaban J connectivity index is 1.48. The number of amides is 1. The van der Waals surface area contributed by atoms with Gasteiger partial charge >= 0.3 is 0 Å². The molecule has 2 heterocycles.